The Balaban J connectivity index is 1.43. The number of hydrogen-bond acceptors (Lipinski definition) is 5. The van der Waals surface area contributed by atoms with E-state index >= 15 is 0 Å². The summed E-state index contributed by atoms with van der Waals surface area (Å²) in [5.74, 6) is 0.996. The van der Waals surface area contributed by atoms with Crippen LogP contribution in [-0.2, 0) is 18.3 Å². The van der Waals surface area contributed by atoms with Gasteiger partial charge in [-0.2, -0.15) is 5.10 Å². The molecule has 2 atom stereocenters. The van der Waals surface area contributed by atoms with E-state index in [1.54, 1.807) is 7.11 Å². The van der Waals surface area contributed by atoms with Gasteiger partial charge in [0.25, 0.3) is 0 Å². The van der Waals surface area contributed by atoms with E-state index in [1.807, 2.05) is 24.1 Å². The summed E-state index contributed by atoms with van der Waals surface area (Å²) in [5.41, 5.74) is 4.00. The van der Waals surface area contributed by atoms with Gasteiger partial charge in [-0.3, -0.25) is 9.58 Å². The molecule has 1 saturated heterocycles. The summed E-state index contributed by atoms with van der Waals surface area (Å²) < 4.78 is 7.13. The molecule has 6 nitrogen and oxygen atoms in total. The Morgan fingerprint density at radius 3 is 2.81 bits per heavy atom. The van der Waals surface area contributed by atoms with Crippen LogP contribution in [0.15, 0.2) is 36.7 Å². The van der Waals surface area contributed by atoms with E-state index in [9.17, 15) is 0 Å². The second-order valence-corrected chi connectivity index (χ2v) is 7.65. The molecule has 144 valence electrons. The van der Waals surface area contributed by atoms with Gasteiger partial charge in [-0.15, -0.1) is 0 Å². The van der Waals surface area contributed by atoms with Crippen LogP contribution in [0, 0.1) is 0 Å². The Hall–Kier alpha value is -2.18. The maximum absolute atomic E-state index is 5.14. The molecule has 27 heavy (non-hydrogen) atoms. The number of pyridine rings is 1. The molecule has 0 saturated carbocycles. The Morgan fingerprint density at radius 1 is 1.26 bits per heavy atom. The summed E-state index contributed by atoms with van der Waals surface area (Å²) in [5, 5.41) is 4.33. The van der Waals surface area contributed by atoms with Gasteiger partial charge in [0, 0.05) is 58.8 Å². The van der Waals surface area contributed by atoms with Crippen molar-refractivity contribution in [3.05, 3.63) is 47.9 Å². The van der Waals surface area contributed by atoms with E-state index in [4.69, 9.17) is 4.74 Å². The molecule has 0 spiro atoms. The maximum Gasteiger partial charge on any atom is 0.128 e. The van der Waals surface area contributed by atoms with Crippen LogP contribution in [0.2, 0.25) is 0 Å². The topological polar surface area (TPSA) is 46.4 Å². The van der Waals surface area contributed by atoms with E-state index in [2.05, 4.69) is 51.2 Å². The van der Waals surface area contributed by atoms with Gasteiger partial charge in [0.05, 0.1) is 12.3 Å². The van der Waals surface area contributed by atoms with E-state index in [1.165, 1.54) is 29.7 Å². The summed E-state index contributed by atoms with van der Waals surface area (Å²) in [4.78, 5) is 9.42. The predicted molar refractivity (Wildman–Crippen MR) is 108 cm³/mol. The molecule has 1 fully saturated rings. The van der Waals surface area contributed by atoms with Gasteiger partial charge in [0.2, 0.25) is 0 Å². The third kappa shape index (κ3) is 3.77. The predicted octanol–water partition coefficient (Wildman–Crippen LogP) is 2.72. The van der Waals surface area contributed by atoms with Crippen LogP contribution in [0.5, 0.6) is 0 Å². The third-order valence-corrected chi connectivity index (χ3v) is 5.89. The molecule has 2 bridgehead atoms. The van der Waals surface area contributed by atoms with Crippen molar-refractivity contribution in [3.63, 3.8) is 0 Å². The molecule has 2 aromatic rings. The SMILES string of the molecule is COCCN(C)c1ccc(CN2[C@@H]3CC[C@@H]2C=C(c2ccnn2C)C3)cn1. The van der Waals surface area contributed by atoms with Gasteiger partial charge >= 0.3 is 0 Å². The monoisotopic (exact) mass is 367 g/mol. The first-order valence-electron chi connectivity index (χ1n) is 9.75. The van der Waals surface area contributed by atoms with Crippen LogP contribution < -0.4 is 4.90 Å². The number of methoxy groups -OCH3 is 1. The zero-order valence-corrected chi connectivity index (χ0v) is 16.5. The first-order chi connectivity index (χ1) is 13.2. The molecule has 0 N–H and O–H groups in total. The van der Waals surface area contributed by atoms with Crippen molar-refractivity contribution in [2.24, 2.45) is 7.05 Å². The minimum absolute atomic E-state index is 0.526. The lowest BCUT2D eigenvalue weighted by atomic mass is 9.98. The zero-order valence-electron chi connectivity index (χ0n) is 16.5. The number of hydrogen-bond donors (Lipinski definition) is 0. The molecule has 2 aromatic heterocycles. The second kappa shape index (κ2) is 7.82. The molecular formula is C21H29N5O. The highest BCUT2D eigenvalue weighted by molar-refractivity contribution is 5.65. The molecule has 6 heteroatoms. The quantitative estimate of drug-likeness (QED) is 0.753. The van der Waals surface area contributed by atoms with Crippen molar-refractivity contribution >= 4 is 11.4 Å². The highest BCUT2D eigenvalue weighted by Crippen LogP contribution is 2.39. The first-order valence-corrected chi connectivity index (χ1v) is 9.75. The fraction of sp³-hybridized carbons (Fsp3) is 0.524. The average molecular weight is 367 g/mol. The Morgan fingerprint density at radius 2 is 2.15 bits per heavy atom. The second-order valence-electron chi connectivity index (χ2n) is 7.65. The molecule has 0 unspecified atom stereocenters. The van der Waals surface area contributed by atoms with Gasteiger partial charge in [0.15, 0.2) is 0 Å². The van der Waals surface area contributed by atoms with Crippen molar-refractivity contribution in [1.82, 2.24) is 19.7 Å². The van der Waals surface area contributed by atoms with E-state index in [-0.39, 0.29) is 0 Å². The molecule has 2 aliphatic rings. The molecule has 0 amide bonds. The summed E-state index contributed by atoms with van der Waals surface area (Å²) in [7, 11) is 5.81. The van der Waals surface area contributed by atoms with Crippen molar-refractivity contribution in [2.75, 3.05) is 32.2 Å². The lowest BCUT2D eigenvalue weighted by molar-refractivity contribution is 0.203. The number of aryl methyl sites for hydroxylation is 1. The number of anilines is 1. The Bertz CT molecular complexity index is 797. The van der Waals surface area contributed by atoms with Crippen LogP contribution in [0.4, 0.5) is 5.82 Å². The Kier molecular flexibility index (Phi) is 5.27. The summed E-state index contributed by atoms with van der Waals surface area (Å²) in [6, 6.07) is 7.61. The van der Waals surface area contributed by atoms with E-state index < -0.39 is 0 Å². The van der Waals surface area contributed by atoms with Crippen molar-refractivity contribution < 1.29 is 4.74 Å². The minimum Gasteiger partial charge on any atom is -0.383 e. The fourth-order valence-corrected chi connectivity index (χ4v) is 4.33. The summed E-state index contributed by atoms with van der Waals surface area (Å²) in [6.45, 7) is 2.53. The molecule has 0 aromatic carbocycles. The van der Waals surface area contributed by atoms with Crippen molar-refractivity contribution in [1.29, 1.82) is 0 Å². The maximum atomic E-state index is 5.14. The molecule has 0 radical (unpaired) electrons. The van der Waals surface area contributed by atoms with Gasteiger partial charge in [0.1, 0.15) is 5.82 Å². The number of rotatable bonds is 7. The van der Waals surface area contributed by atoms with Gasteiger partial charge in [-0.1, -0.05) is 12.1 Å². The van der Waals surface area contributed by atoms with E-state index in [0.29, 0.717) is 18.7 Å². The van der Waals surface area contributed by atoms with Gasteiger partial charge in [-0.05, 0) is 42.5 Å². The minimum atomic E-state index is 0.526. The highest BCUT2D eigenvalue weighted by Gasteiger charge is 2.37. The zero-order chi connectivity index (χ0) is 18.8. The first kappa shape index (κ1) is 18.2. The lowest BCUT2D eigenvalue weighted by Crippen LogP contribution is -2.37. The van der Waals surface area contributed by atoms with Gasteiger partial charge < -0.3 is 9.64 Å². The van der Waals surface area contributed by atoms with Crippen molar-refractivity contribution in [3.8, 4) is 0 Å². The summed E-state index contributed by atoms with van der Waals surface area (Å²) in [6.07, 6.45) is 10.0. The lowest BCUT2D eigenvalue weighted by Gasteiger charge is -2.34. The number of likely N-dealkylation sites (N-methyl/N-ethyl adjacent to an activating group) is 1. The highest BCUT2D eigenvalue weighted by atomic mass is 16.5. The van der Waals surface area contributed by atoms with Crippen LogP contribution in [-0.4, -0.2) is 59.1 Å². The normalized spacial score (nSPS) is 22.1. The number of fused-ring (bicyclic) bond motifs is 2. The number of aromatic nitrogens is 3. The largest absolute Gasteiger partial charge is 0.383 e. The van der Waals surface area contributed by atoms with Gasteiger partial charge in [-0.25, -0.2) is 4.98 Å². The standard InChI is InChI=1S/C21H29N5O/c1-24(10-11-27-3)21-7-4-16(14-22-21)15-26-18-5-6-19(26)13-17(12-18)20-8-9-23-25(20)2/h4,7-9,12,14,18-19H,5-6,10-11,13,15H2,1-3H3/t18-,19-/m1/s1. The number of ether oxygens (including phenoxy) is 1. The number of nitrogens with zero attached hydrogens (tertiary/aromatic N) is 5. The van der Waals surface area contributed by atoms with E-state index in [0.717, 1.165) is 25.3 Å². The molecule has 0 aliphatic carbocycles. The van der Waals surface area contributed by atoms with Crippen LogP contribution in [0.3, 0.4) is 0 Å². The van der Waals surface area contributed by atoms with Crippen LogP contribution >= 0.6 is 0 Å². The van der Waals surface area contributed by atoms with Crippen LogP contribution in [0.25, 0.3) is 5.57 Å². The summed E-state index contributed by atoms with van der Waals surface area (Å²) >= 11 is 0. The molecule has 4 heterocycles. The smallest absolute Gasteiger partial charge is 0.128 e. The van der Waals surface area contributed by atoms with Crippen LogP contribution in [0.1, 0.15) is 30.5 Å². The third-order valence-electron chi connectivity index (χ3n) is 5.89. The Labute approximate surface area is 161 Å². The molecular weight excluding hydrogens is 338 g/mol. The molecule has 2 aliphatic heterocycles. The molecule has 4 rings (SSSR count). The average Bonchev–Trinajstić information content (AvgIpc) is 3.19. The fourth-order valence-electron chi connectivity index (χ4n) is 4.33. The van der Waals surface area contributed by atoms with Crippen molar-refractivity contribution in [2.45, 2.75) is 37.9 Å².